The highest BCUT2D eigenvalue weighted by Crippen LogP contribution is 2.24. The number of unbranched alkanes of at least 4 members (excludes halogenated alkanes) is 3. The van der Waals surface area contributed by atoms with E-state index in [4.69, 9.17) is 5.11 Å². The summed E-state index contributed by atoms with van der Waals surface area (Å²) in [5.74, 6) is -0.785. The van der Waals surface area contributed by atoms with Gasteiger partial charge in [-0.1, -0.05) is 61.4 Å². The van der Waals surface area contributed by atoms with Crippen molar-refractivity contribution in [3.8, 4) is 11.1 Å². The Labute approximate surface area is 168 Å². The Hall–Kier alpha value is -2.18. The van der Waals surface area contributed by atoms with E-state index in [0.717, 1.165) is 30.4 Å². The number of aryl methyl sites for hydroxylation is 1. The number of carboxylic acids is 1. The lowest BCUT2D eigenvalue weighted by Gasteiger charge is -2.20. The Bertz CT molecular complexity index is 876. The molecule has 0 aromatic heterocycles. The fourth-order valence-corrected chi connectivity index (χ4v) is 4.01. The van der Waals surface area contributed by atoms with Crippen molar-refractivity contribution in [3.05, 3.63) is 59.7 Å². The first-order valence-electron chi connectivity index (χ1n) is 9.59. The fraction of sp³-hybridized carbons (Fsp3) is 0.409. The molecule has 0 bridgehead atoms. The molecule has 6 heteroatoms. The third kappa shape index (κ3) is 7.09. The third-order valence-corrected chi connectivity index (χ3v) is 6.04. The molecule has 0 aliphatic rings. The first-order chi connectivity index (χ1) is 13.3. The zero-order valence-corrected chi connectivity index (χ0v) is 17.4. The summed E-state index contributed by atoms with van der Waals surface area (Å²) >= 11 is 0. The molecule has 2 aromatic rings. The van der Waals surface area contributed by atoms with Crippen molar-refractivity contribution in [2.45, 2.75) is 45.6 Å². The van der Waals surface area contributed by atoms with Crippen molar-refractivity contribution < 1.29 is 18.3 Å². The molecule has 0 aliphatic heterocycles. The first-order valence-corrected chi connectivity index (χ1v) is 11.4. The van der Waals surface area contributed by atoms with Crippen molar-refractivity contribution in [2.24, 2.45) is 0 Å². The summed E-state index contributed by atoms with van der Waals surface area (Å²) in [5.41, 5.74) is 4.45. The number of rotatable bonds is 11. The average Bonchev–Trinajstić information content (AvgIpc) is 2.63. The number of aliphatic carboxylic acids is 1. The van der Waals surface area contributed by atoms with Crippen LogP contribution in [0.15, 0.2) is 48.5 Å². The molecule has 2 rings (SSSR count). The third-order valence-electron chi connectivity index (χ3n) is 4.79. The summed E-state index contributed by atoms with van der Waals surface area (Å²) in [7, 11) is -3.30. The molecule has 0 atom stereocenters. The van der Waals surface area contributed by atoms with E-state index in [9.17, 15) is 13.2 Å². The predicted molar refractivity (Wildman–Crippen MR) is 113 cm³/mol. The zero-order chi connectivity index (χ0) is 20.6. The van der Waals surface area contributed by atoms with Crippen molar-refractivity contribution in [1.82, 2.24) is 4.31 Å². The average molecular weight is 404 g/mol. The highest BCUT2D eigenvalue weighted by atomic mass is 32.2. The van der Waals surface area contributed by atoms with Gasteiger partial charge in [0.2, 0.25) is 10.0 Å². The molecule has 152 valence electrons. The van der Waals surface area contributed by atoms with Gasteiger partial charge in [0, 0.05) is 19.5 Å². The summed E-state index contributed by atoms with van der Waals surface area (Å²) in [6.07, 6.45) is 4.39. The van der Waals surface area contributed by atoms with E-state index in [1.54, 1.807) is 0 Å². The largest absolute Gasteiger partial charge is 0.481 e. The minimum absolute atomic E-state index is 0.170. The molecule has 0 saturated heterocycles. The van der Waals surface area contributed by atoms with Gasteiger partial charge in [-0.15, -0.1) is 0 Å². The summed E-state index contributed by atoms with van der Waals surface area (Å²) in [6.45, 7) is 2.87. The minimum Gasteiger partial charge on any atom is -0.481 e. The van der Waals surface area contributed by atoms with Gasteiger partial charge < -0.3 is 5.11 Å². The molecule has 0 heterocycles. The molecule has 0 amide bonds. The Balaban J connectivity index is 1.95. The van der Waals surface area contributed by atoms with Crippen molar-refractivity contribution in [2.75, 3.05) is 12.8 Å². The van der Waals surface area contributed by atoms with Gasteiger partial charge in [-0.25, -0.2) is 8.42 Å². The van der Waals surface area contributed by atoms with Crippen LogP contribution in [-0.2, 0) is 21.4 Å². The molecule has 28 heavy (non-hydrogen) atoms. The minimum atomic E-state index is -3.30. The van der Waals surface area contributed by atoms with Gasteiger partial charge in [0.1, 0.15) is 0 Å². The Morgan fingerprint density at radius 1 is 0.964 bits per heavy atom. The lowest BCUT2D eigenvalue weighted by Crippen LogP contribution is -2.30. The van der Waals surface area contributed by atoms with E-state index >= 15 is 0 Å². The van der Waals surface area contributed by atoms with Gasteiger partial charge in [0.05, 0.1) is 6.26 Å². The standard InChI is InChI=1S/C22H29NO4S/c1-18-9-6-7-10-21(18)20-14-12-19(13-15-20)17-23(28(2,26)27)16-8-4-3-5-11-22(24)25/h6-7,9-10,12-15H,3-5,8,11,16-17H2,1-2H3,(H,24,25). The number of benzene rings is 2. The predicted octanol–water partition coefficient (Wildman–Crippen LogP) is 4.46. The van der Waals surface area contributed by atoms with Crippen LogP contribution in [0.3, 0.4) is 0 Å². The first kappa shape index (κ1) is 22.1. The van der Waals surface area contributed by atoms with Crippen LogP contribution < -0.4 is 0 Å². The summed E-state index contributed by atoms with van der Waals surface area (Å²) in [6, 6.07) is 16.2. The lowest BCUT2D eigenvalue weighted by molar-refractivity contribution is -0.137. The van der Waals surface area contributed by atoms with Crippen molar-refractivity contribution in [3.63, 3.8) is 0 Å². The molecule has 0 unspecified atom stereocenters. The lowest BCUT2D eigenvalue weighted by atomic mass is 10.00. The van der Waals surface area contributed by atoms with Crippen LogP contribution in [0.2, 0.25) is 0 Å². The molecule has 5 nitrogen and oxygen atoms in total. The Morgan fingerprint density at radius 2 is 1.61 bits per heavy atom. The molecule has 0 aliphatic carbocycles. The van der Waals surface area contributed by atoms with E-state index in [1.807, 2.05) is 36.4 Å². The van der Waals surface area contributed by atoms with Crippen LogP contribution in [0, 0.1) is 6.92 Å². The maximum absolute atomic E-state index is 12.1. The Kier molecular flexibility index (Phi) is 8.20. The van der Waals surface area contributed by atoms with Gasteiger partial charge in [-0.2, -0.15) is 4.31 Å². The van der Waals surface area contributed by atoms with Crippen molar-refractivity contribution in [1.29, 1.82) is 0 Å². The van der Waals surface area contributed by atoms with Crippen LogP contribution in [-0.4, -0.2) is 36.6 Å². The molecule has 0 saturated carbocycles. The second-order valence-corrected chi connectivity index (χ2v) is 9.15. The van der Waals surface area contributed by atoms with E-state index in [-0.39, 0.29) is 6.42 Å². The van der Waals surface area contributed by atoms with Crippen molar-refractivity contribution >= 4 is 16.0 Å². The SMILES string of the molecule is Cc1ccccc1-c1ccc(CN(CCCCCCC(=O)O)S(C)(=O)=O)cc1. The number of carboxylic acid groups (broad SMARTS) is 1. The second kappa shape index (κ2) is 10.4. The highest BCUT2D eigenvalue weighted by Gasteiger charge is 2.16. The molecular weight excluding hydrogens is 374 g/mol. The summed E-state index contributed by atoms with van der Waals surface area (Å²) < 4.78 is 25.7. The maximum Gasteiger partial charge on any atom is 0.303 e. The smallest absolute Gasteiger partial charge is 0.303 e. The topological polar surface area (TPSA) is 74.7 Å². The van der Waals surface area contributed by atoms with Crippen LogP contribution in [0.4, 0.5) is 0 Å². The fourth-order valence-electron chi connectivity index (χ4n) is 3.17. The van der Waals surface area contributed by atoms with Gasteiger partial charge in [0.15, 0.2) is 0 Å². The highest BCUT2D eigenvalue weighted by molar-refractivity contribution is 7.88. The number of carbonyl (C=O) groups is 1. The van der Waals surface area contributed by atoms with Crippen LogP contribution in [0.25, 0.3) is 11.1 Å². The van der Waals surface area contributed by atoms with Gasteiger partial charge >= 0.3 is 5.97 Å². The number of sulfonamides is 1. The van der Waals surface area contributed by atoms with E-state index in [1.165, 1.54) is 21.7 Å². The number of hydrogen-bond acceptors (Lipinski definition) is 3. The molecule has 1 N–H and O–H groups in total. The molecular formula is C22H29NO4S. The summed E-state index contributed by atoms with van der Waals surface area (Å²) in [5, 5.41) is 8.65. The van der Waals surface area contributed by atoms with Crippen LogP contribution in [0.5, 0.6) is 0 Å². The molecule has 0 fully saturated rings. The van der Waals surface area contributed by atoms with E-state index in [2.05, 4.69) is 19.1 Å². The van der Waals surface area contributed by atoms with Crippen LogP contribution >= 0.6 is 0 Å². The van der Waals surface area contributed by atoms with Gasteiger partial charge in [-0.3, -0.25) is 4.79 Å². The molecule has 2 aromatic carbocycles. The van der Waals surface area contributed by atoms with Gasteiger partial charge in [0.25, 0.3) is 0 Å². The summed E-state index contributed by atoms with van der Waals surface area (Å²) in [4.78, 5) is 10.5. The quantitative estimate of drug-likeness (QED) is 0.562. The Morgan fingerprint density at radius 3 is 2.21 bits per heavy atom. The van der Waals surface area contributed by atoms with Crippen LogP contribution in [0.1, 0.15) is 43.2 Å². The van der Waals surface area contributed by atoms with E-state index < -0.39 is 16.0 Å². The second-order valence-electron chi connectivity index (χ2n) is 7.17. The van der Waals surface area contributed by atoms with Gasteiger partial charge in [-0.05, 0) is 42.0 Å². The zero-order valence-electron chi connectivity index (χ0n) is 16.6. The molecule has 0 spiro atoms. The normalized spacial score (nSPS) is 11.7. The number of hydrogen-bond donors (Lipinski definition) is 1. The monoisotopic (exact) mass is 403 g/mol. The number of nitrogens with zero attached hydrogens (tertiary/aromatic N) is 1. The molecule has 0 radical (unpaired) electrons. The maximum atomic E-state index is 12.1. The van der Waals surface area contributed by atoms with E-state index in [0.29, 0.717) is 19.5 Å².